The average molecular weight is 412 g/mol. The first kappa shape index (κ1) is 18.5. The number of benzene rings is 2. The number of nitrogens with one attached hydrogen (secondary N) is 2. The van der Waals surface area contributed by atoms with Crippen molar-refractivity contribution in [1.82, 2.24) is 10.2 Å². The van der Waals surface area contributed by atoms with Crippen LogP contribution in [-0.4, -0.2) is 34.4 Å². The molecular weight excluding hydrogens is 394 g/mol. The van der Waals surface area contributed by atoms with E-state index in [1.54, 1.807) is 12.1 Å². The van der Waals surface area contributed by atoms with Crippen LogP contribution in [-0.2, 0) is 11.2 Å². The number of rotatable bonds is 5. The van der Waals surface area contributed by atoms with Crippen LogP contribution >= 0.6 is 23.1 Å². The summed E-state index contributed by atoms with van der Waals surface area (Å²) in [7, 11) is 0. The van der Waals surface area contributed by atoms with Gasteiger partial charge in [-0.05, 0) is 30.2 Å². The monoisotopic (exact) mass is 411 g/mol. The predicted molar refractivity (Wildman–Crippen MR) is 112 cm³/mol. The molecule has 2 aromatic carbocycles. The maximum absolute atomic E-state index is 12.6. The van der Waals surface area contributed by atoms with Crippen LogP contribution in [0.25, 0.3) is 0 Å². The van der Waals surface area contributed by atoms with Crippen LogP contribution in [0.15, 0.2) is 58.9 Å². The van der Waals surface area contributed by atoms with E-state index in [0.717, 1.165) is 12.1 Å². The molecule has 28 heavy (non-hydrogen) atoms. The molecule has 3 amide bonds. The molecule has 0 bridgehead atoms. The normalized spacial score (nSPS) is 12.5. The largest absolute Gasteiger partial charge is 0.325 e. The fraction of sp³-hybridized carbons (Fsp3) is 0.158. The van der Waals surface area contributed by atoms with E-state index in [4.69, 9.17) is 0 Å². The summed E-state index contributed by atoms with van der Waals surface area (Å²) in [5.41, 5.74) is 2.88. The molecule has 0 radical (unpaired) electrons. The van der Waals surface area contributed by atoms with Crippen LogP contribution in [0.4, 0.5) is 21.3 Å². The van der Waals surface area contributed by atoms with Crippen molar-refractivity contribution >= 4 is 51.5 Å². The van der Waals surface area contributed by atoms with Gasteiger partial charge in [0.25, 0.3) is 0 Å². The number of anilines is 3. The van der Waals surface area contributed by atoms with Gasteiger partial charge in [-0.3, -0.25) is 10.1 Å². The minimum atomic E-state index is -0.386. The molecule has 2 heterocycles. The Morgan fingerprint density at radius 3 is 2.68 bits per heavy atom. The smallest absolute Gasteiger partial charge is 0.311 e. The van der Waals surface area contributed by atoms with Gasteiger partial charge in [0.05, 0.1) is 5.75 Å². The molecule has 2 N–H and O–H groups in total. The first-order valence-corrected chi connectivity index (χ1v) is 10.5. The highest BCUT2D eigenvalue weighted by Crippen LogP contribution is 2.30. The summed E-state index contributed by atoms with van der Waals surface area (Å²) in [6.07, 6.45) is 0.885. The Kier molecular flexibility index (Phi) is 5.54. The van der Waals surface area contributed by atoms with E-state index in [0.29, 0.717) is 21.7 Å². The Labute approximate surface area is 170 Å². The molecule has 0 unspecified atom stereocenters. The fourth-order valence-electron chi connectivity index (χ4n) is 2.90. The summed E-state index contributed by atoms with van der Waals surface area (Å²) in [6, 6.07) is 16.7. The van der Waals surface area contributed by atoms with Gasteiger partial charge in [-0.15, -0.1) is 10.2 Å². The second kappa shape index (κ2) is 8.41. The zero-order valence-electron chi connectivity index (χ0n) is 14.8. The lowest BCUT2D eigenvalue weighted by atomic mass is 10.2. The maximum Gasteiger partial charge on any atom is 0.325 e. The van der Waals surface area contributed by atoms with Crippen molar-refractivity contribution in [3.05, 3.63) is 60.2 Å². The number of fused-ring (bicyclic) bond motifs is 1. The van der Waals surface area contributed by atoms with E-state index in [1.807, 2.05) is 41.3 Å². The van der Waals surface area contributed by atoms with E-state index in [-0.39, 0.29) is 17.7 Å². The summed E-state index contributed by atoms with van der Waals surface area (Å²) < 4.78 is 0.635. The zero-order chi connectivity index (χ0) is 19.3. The molecule has 1 aromatic heterocycles. The number of urea groups is 1. The van der Waals surface area contributed by atoms with E-state index >= 15 is 0 Å². The SMILES string of the molecule is O=C(Nc1ccccc1)Nc1nnc(SCC(=O)N2CCc3ccccc32)s1. The molecule has 7 nitrogen and oxygen atoms in total. The number of amides is 3. The van der Waals surface area contributed by atoms with Gasteiger partial charge in [-0.1, -0.05) is 59.5 Å². The number of carbonyl (C=O) groups is 2. The summed E-state index contributed by atoms with van der Waals surface area (Å²) in [4.78, 5) is 26.4. The molecule has 3 aromatic rings. The Bertz CT molecular complexity index is 993. The van der Waals surface area contributed by atoms with Gasteiger partial charge in [0.15, 0.2) is 4.34 Å². The highest BCUT2D eigenvalue weighted by molar-refractivity contribution is 8.01. The maximum atomic E-state index is 12.6. The molecule has 0 saturated carbocycles. The van der Waals surface area contributed by atoms with Gasteiger partial charge in [0.2, 0.25) is 11.0 Å². The molecule has 4 rings (SSSR count). The predicted octanol–water partition coefficient (Wildman–Crippen LogP) is 3.86. The molecular formula is C19H17N5O2S2. The minimum absolute atomic E-state index is 0.0430. The third-order valence-electron chi connectivity index (χ3n) is 4.17. The average Bonchev–Trinajstić information content (AvgIpc) is 3.33. The van der Waals surface area contributed by atoms with Crippen molar-refractivity contribution in [1.29, 1.82) is 0 Å². The van der Waals surface area contributed by atoms with E-state index in [9.17, 15) is 9.59 Å². The van der Waals surface area contributed by atoms with E-state index in [2.05, 4.69) is 26.9 Å². The Morgan fingerprint density at radius 1 is 1.04 bits per heavy atom. The number of carbonyl (C=O) groups excluding carboxylic acids is 2. The number of aromatic nitrogens is 2. The van der Waals surface area contributed by atoms with Crippen molar-refractivity contribution in [2.45, 2.75) is 10.8 Å². The zero-order valence-corrected chi connectivity index (χ0v) is 16.4. The van der Waals surface area contributed by atoms with Crippen LogP contribution in [0.2, 0.25) is 0 Å². The number of nitrogens with zero attached hydrogens (tertiary/aromatic N) is 3. The van der Waals surface area contributed by atoms with Crippen molar-refractivity contribution in [3.8, 4) is 0 Å². The van der Waals surface area contributed by atoms with Gasteiger partial charge in [0, 0.05) is 17.9 Å². The molecule has 0 saturated heterocycles. The summed E-state index contributed by atoms with van der Waals surface area (Å²) in [5.74, 6) is 0.320. The molecule has 0 atom stereocenters. The molecule has 1 aliphatic heterocycles. The molecule has 1 aliphatic rings. The Balaban J connectivity index is 1.29. The second-order valence-corrected chi connectivity index (χ2v) is 8.23. The molecule has 142 valence electrons. The summed E-state index contributed by atoms with van der Waals surface area (Å²) in [5, 5.41) is 13.8. The van der Waals surface area contributed by atoms with Crippen LogP contribution in [0.5, 0.6) is 0 Å². The van der Waals surface area contributed by atoms with E-state index in [1.165, 1.54) is 28.7 Å². The summed E-state index contributed by atoms with van der Waals surface area (Å²) >= 11 is 2.56. The first-order valence-electron chi connectivity index (χ1n) is 8.67. The lowest BCUT2D eigenvalue weighted by molar-refractivity contribution is -0.116. The number of hydrogen-bond acceptors (Lipinski definition) is 6. The van der Waals surface area contributed by atoms with Crippen molar-refractivity contribution in [2.24, 2.45) is 0 Å². The molecule has 9 heteroatoms. The second-order valence-electron chi connectivity index (χ2n) is 6.03. The number of thioether (sulfide) groups is 1. The van der Waals surface area contributed by atoms with Crippen LogP contribution in [0.3, 0.4) is 0 Å². The van der Waals surface area contributed by atoms with Gasteiger partial charge in [-0.2, -0.15) is 0 Å². The van der Waals surface area contributed by atoms with Gasteiger partial charge in [0.1, 0.15) is 0 Å². The first-order chi connectivity index (χ1) is 13.7. The third-order valence-corrected chi connectivity index (χ3v) is 6.12. The van der Waals surface area contributed by atoms with Crippen molar-refractivity contribution in [2.75, 3.05) is 27.8 Å². The highest BCUT2D eigenvalue weighted by Gasteiger charge is 2.24. The third kappa shape index (κ3) is 4.32. The van der Waals surface area contributed by atoms with Crippen molar-refractivity contribution in [3.63, 3.8) is 0 Å². The quantitative estimate of drug-likeness (QED) is 0.492. The number of para-hydroxylation sites is 2. The lowest BCUT2D eigenvalue weighted by Gasteiger charge is -2.16. The standard InChI is InChI=1S/C19H17N5O2S2/c25-16(24-11-10-13-6-4-5-9-15(13)24)12-27-19-23-22-18(28-19)21-17(26)20-14-7-2-1-3-8-14/h1-9H,10-12H2,(H2,20,21,22,26). The van der Waals surface area contributed by atoms with Crippen molar-refractivity contribution < 1.29 is 9.59 Å². The van der Waals surface area contributed by atoms with E-state index < -0.39 is 0 Å². The van der Waals surface area contributed by atoms with Crippen LogP contribution in [0, 0.1) is 0 Å². The summed E-state index contributed by atoms with van der Waals surface area (Å²) in [6.45, 7) is 0.710. The minimum Gasteiger partial charge on any atom is -0.311 e. The fourth-order valence-corrected chi connectivity index (χ4v) is 4.52. The Morgan fingerprint density at radius 2 is 1.82 bits per heavy atom. The number of hydrogen-bond donors (Lipinski definition) is 2. The van der Waals surface area contributed by atoms with Gasteiger partial charge in [-0.25, -0.2) is 4.79 Å². The van der Waals surface area contributed by atoms with Gasteiger partial charge < -0.3 is 10.2 Å². The topological polar surface area (TPSA) is 87.2 Å². The lowest BCUT2D eigenvalue weighted by Crippen LogP contribution is -2.30. The molecule has 0 fully saturated rings. The Hall–Kier alpha value is -2.91. The highest BCUT2D eigenvalue weighted by atomic mass is 32.2. The van der Waals surface area contributed by atoms with Crippen LogP contribution < -0.4 is 15.5 Å². The molecule has 0 spiro atoms. The van der Waals surface area contributed by atoms with Crippen LogP contribution in [0.1, 0.15) is 5.56 Å². The van der Waals surface area contributed by atoms with Gasteiger partial charge >= 0.3 is 6.03 Å². The molecule has 0 aliphatic carbocycles.